The minimum Gasteiger partial charge on any atom is -0.398 e. The van der Waals surface area contributed by atoms with Crippen molar-refractivity contribution in [2.24, 2.45) is 10.2 Å². The van der Waals surface area contributed by atoms with Gasteiger partial charge in [-0.05, 0) is 37.5 Å². The van der Waals surface area contributed by atoms with Crippen LogP contribution in [0.5, 0.6) is 0 Å². The van der Waals surface area contributed by atoms with Gasteiger partial charge in [0.15, 0.2) is 0 Å². The van der Waals surface area contributed by atoms with E-state index in [0.717, 1.165) is 24.1 Å². The molecule has 1 aromatic carbocycles. The molecule has 0 saturated carbocycles. The van der Waals surface area contributed by atoms with Crippen molar-refractivity contribution in [1.29, 1.82) is 0 Å². The van der Waals surface area contributed by atoms with E-state index >= 15 is 0 Å². The van der Waals surface area contributed by atoms with Crippen molar-refractivity contribution in [2.75, 3.05) is 11.5 Å². The van der Waals surface area contributed by atoms with Crippen molar-refractivity contribution in [3.05, 3.63) is 35.6 Å². The van der Waals surface area contributed by atoms with Gasteiger partial charge in [-0.1, -0.05) is 26.0 Å². The number of hydrogen-bond acceptors (Lipinski definition) is 5. The molecule has 0 fully saturated rings. The number of allylic oxidation sites excluding steroid dienone is 3. The first-order valence-corrected chi connectivity index (χ1v) is 7.20. The fraction of sp³-hybridized carbons (Fsp3) is 0.333. The number of nitrogen functional groups attached to an aromatic ring is 2. The highest BCUT2D eigenvalue weighted by molar-refractivity contribution is 7.80. The number of nitrogens with two attached hydrogens (primary N) is 2. The molecule has 4 nitrogen and oxygen atoms in total. The van der Waals surface area contributed by atoms with Crippen LogP contribution in [0.3, 0.4) is 0 Å². The van der Waals surface area contributed by atoms with Crippen LogP contribution in [0, 0.1) is 6.92 Å². The molecule has 0 aromatic heterocycles. The summed E-state index contributed by atoms with van der Waals surface area (Å²) in [6.07, 6.45) is 8.14. The van der Waals surface area contributed by atoms with E-state index in [1.807, 2.05) is 32.9 Å². The summed E-state index contributed by atoms with van der Waals surface area (Å²) in [4.78, 5) is 0.670. The topological polar surface area (TPSA) is 76.8 Å². The molecule has 5 heteroatoms. The summed E-state index contributed by atoms with van der Waals surface area (Å²) in [5.74, 6) is 0. The van der Waals surface area contributed by atoms with Gasteiger partial charge in [-0.25, -0.2) is 0 Å². The van der Waals surface area contributed by atoms with Gasteiger partial charge in [-0.3, -0.25) is 0 Å². The molecule has 0 heterocycles. The SMILES string of the molecule is CC.Cc1c(N)c(S)cc(N=NC2=CCCC=C2)c1N. The Hall–Kier alpha value is -1.75. The van der Waals surface area contributed by atoms with Crippen LogP contribution in [0.15, 0.2) is 45.1 Å². The average Bonchev–Trinajstić information content (AvgIpc) is 2.50. The molecule has 0 bridgehead atoms. The zero-order valence-electron chi connectivity index (χ0n) is 12.2. The molecule has 1 aromatic rings. The Labute approximate surface area is 126 Å². The van der Waals surface area contributed by atoms with E-state index in [1.54, 1.807) is 6.07 Å². The van der Waals surface area contributed by atoms with E-state index in [9.17, 15) is 0 Å². The second-order valence-electron chi connectivity index (χ2n) is 4.18. The maximum atomic E-state index is 5.96. The Kier molecular flexibility index (Phi) is 6.31. The van der Waals surface area contributed by atoms with E-state index in [-0.39, 0.29) is 0 Å². The van der Waals surface area contributed by atoms with Crippen LogP contribution in [0.2, 0.25) is 0 Å². The van der Waals surface area contributed by atoms with Gasteiger partial charge in [-0.2, -0.15) is 5.11 Å². The summed E-state index contributed by atoms with van der Waals surface area (Å²) in [6.45, 7) is 5.85. The van der Waals surface area contributed by atoms with Gasteiger partial charge in [0.25, 0.3) is 0 Å². The molecule has 1 aliphatic carbocycles. The van der Waals surface area contributed by atoms with Crippen molar-refractivity contribution in [3.8, 4) is 0 Å². The van der Waals surface area contributed by atoms with Crippen molar-refractivity contribution in [2.45, 2.75) is 38.5 Å². The largest absolute Gasteiger partial charge is 0.398 e. The van der Waals surface area contributed by atoms with Crippen LogP contribution in [-0.2, 0) is 0 Å². The summed E-state index contributed by atoms with van der Waals surface area (Å²) in [7, 11) is 0. The zero-order chi connectivity index (χ0) is 15.1. The lowest BCUT2D eigenvalue weighted by Gasteiger charge is -2.09. The van der Waals surface area contributed by atoms with Gasteiger partial charge in [0.05, 0.1) is 17.1 Å². The number of azo groups is 1. The van der Waals surface area contributed by atoms with E-state index in [0.29, 0.717) is 22.0 Å². The van der Waals surface area contributed by atoms with E-state index in [1.165, 1.54) is 0 Å². The molecule has 2 rings (SSSR count). The summed E-state index contributed by atoms with van der Waals surface area (Å²) in [6, 6.07) is 1.73. The maximum Gasteiger partial charge on any atom is 0.110 e. The summed E-state index contributed by atoms with van der Waals surface area (Å²) >= 11 is 4.29. The lowest BCUT2D eigenvalue weighted by atomic mass is 10.1. The van der Waals surface area contributed by atoms with Crippen LogP contribution < -0.4 is 11.5 Å². The highest BCUT2D eigenvalue weighted by atomic mass is 32.1. The van der Waals surface area contributed by atoms with Gasteiger partial charge in [0.1, 0.15) is 5.69 Å². The highest BCUT2D eigenvalue weighted by Crippen LogP contribution is 2.35. The van der Waals surface area contributed by atoms with Crippen LogP contribution in [0.1, 0.15) is 32.3 Å². The third-order valence-corrected chi connectivity index (χ3v) is 3.25. The highest BCUT2D eigenvalue weighted by Gasteiger charge is 2.08. The maximum absolute atomic E-state index is 5.96. The minimum absolute atomic E-state index is 0.550. The van der Waals surface area contributed by atoms with Gasteiger partial charge in [0.2, 0.25) is 0 Å². The van der Waals surface area contributed by atoms with Gasteiger partial charge in [0, 0.05) is 4.90 Å². The predicted octanol–water partition coefficient (Wildman–Crippen LogP) is 4.79. The van der Waals surface area contributed by atoms with Crippen LogP contribution in [-0.4, -0.2) is 0 Å². The van der Waals surface area contributed by atoms with E-state index in [2.05, 4.69) is 28.9 Å². The molecule has 4 N–H and O–H groups in total. The Morgan fingerprint density at radius 3 is 2.40 bits per heavy atom. The fourth-order valence-corrected chi connectivity index (χ4v) is 1.97. The Balaban J connectivity index is 0.000000956. The van der Waals surface area contributed by atoms with Crippen LogP contribution >= 0.6 is 12.6 Å². The first-order chi connectivity index (χ1) is 9.59. The van der Waals surface area contributed by atoms with E-state index in [4.69, 9.17) is 11.5 Å². The van der Waals surface area contributed by atoms with Crippen molar-refractivity contribution >= 4 is 29.7 Å². The summed E-state index contributed by atoms with van der Waals surface area (Å²) < 4.78 is 0. The number of benzene rings is 1. The van der Waals surface area contributed by atoms with Crippen molar-refractivity contribution in [1.82, 2.24) is 0 Å². The number of thiol groups is 1. The second kappa shape index (κ2) is 7.75. The Morgan fingerprint density at radius 1 is 1.10 bits per heavy atom. The molecule has 0 amide bonds. The predicted molar refractivity (Wildman–Crippen MR) is 89.6 cm³/mol. The van der Waals surface area contributed by atoms with Gasteiger partial charge < -0.3 is 11.5 Å². The Morgan fingerprint density at radius 2 is 1.80 bits per heavy atom. The van der Waals surface area contributed by atoms with E-state index < -0.39 is 0 Å². The quantitative estimate of drug-likeness (QED) is 0.416. The van der Waals surface area contributed by atoms with Crippen LogP contribution in [0.25, 0.3) is 0 Å². The number of hydrogen-bond donors (Lipinski definition) is 3. The lowest BCUT2D eigenvalue weighted by Crippen LogP contribution is -1.97. The minimum atomic E-state index is 0.550. The molecule has 20 heavy (non-hydrogen) atoms. The number of nitrogens with zero attached hydrogens (tertiary/aromatic N) is 2. The Bertz CT molecular complexity index is 559. The first kappa shape index (κ1) is 16.3. The third-order valence-electron chi connectivity index (χ3n) is 2.88. The normalized spacial score (nSPS) is 13.9. The lowest BCUT2D eigenvalue weighted by molar-refractivity contribution is 0.993. The molecule has 108 valence electrons. The fourth-order valence-electron chi connectivity index (χ4n) is 1.68. The molecule has 0 spiro atoms. The molecule has 0 saturated heterocycles. The third kappa shape index (κ3) is 3.87. The summed E-state index contributed by atoms with van der Waals surface area (Å²) in [5.41, 5.74) is 15.2. The number of rotatable bonds is 2. The number of anilines is 2. The molecule has 0 unspecified atom stereocenters. The standard InChI is InChI=1S/C13H16N4S.C2H6/c1-8-12(14)10(7-11(18)13(8)15)17-16-9-5-3-2-4-6-9;1-2/h3,5-7,18H,2,4,14-15H2,1H3;1-2H3. The second-order valence-corrected chi connectivity index (χ2v) is 4.66. The molecular formula is C15H22N4S. The van der Waals surface area contributed by atoms with Crippen molar-refractivity contribution in [3.63, 3.8) is 0 Å². The average molecular weight is 290 g/mol. The van der Waals surface area contributed by atoms with Gasteiger partial charge >= 0.3 is 0 Å². The van der Waals surface area contributed by atoms with Crippen molar-refractivity contribution < 1.29 is 0 Å². The monoisotopic (exact) mass is 290 g/mol. The first-order valence-electron chi connectivity index (χ1n) is 6.75. The molecule has 0 aliphatic heterocycles. The molecule has 0 atom stereocenters. The molecule has 0 radical (unpaired) electrons. The van der Waals surface area contributed by atoms with Gasteiger partial charge in [-0.15, -0.1) is 17.7 Å². The molecular weight excluding hydrogens is 268 g/mol. The zero-order valence-corrected chi connectivity index (χ0v) is 13.1. The summed E-state index contributed by atoms with van der Waals surface area (Å²) in [5, 5.41) is 8.34. The molecule has 1 aliphatic rings. The van der Waals surface area contributed by atoms with Crippen LogP contribution in [0.4, 0.5) is 17.1 Å². The smallest absolute Gasteiger partial charge is 0.110 e.